The number of nitrogens with zero attached hydrogens (tertiary/aromatic N) is 2. The number of benzene rings is 1. The molecule has 2 heterocycles. The van der Waals surface area contributed by atoms with Crippen LogP contribution in [0.3, 0.4) is 0 Å². The van der Waals surface area contributed by atoms with E-state index in [9.17, 15) is 4.79 Å². The van der Waals surface area contributed by atoms with Crippen LogP contribution in [0.4, 0.5) is 0 Å². The van der Waals surface area contributed by atoms with Crippen LogP contribution in [0.2, 0.25) is 0 Å². The third-order valence-electron chi connectivity index (χ3n) is 4.20. The van der Waals surface area contributed by atoms with Crippen LogP contribution in [-0.2, 0) is 6.61 Å². The van der Waals surface area contributed by atoms with Gasteiger partial charge < -0.3 is 15.0 Å². The molecular formula is C18H23N3O2S. The molecule has 5 nitrogen and oxygen atoms in total. The van der Waals surface area contributed by atoms with Gasteiger partial charge in [0.1, 0.15) is 12.4 Å². The number of hydrogen-bond donors (Lipinski definition) is 1. The van der Waals surface area contributed by atoms with Gasteiger partial charge in [-0.2, -0.15) is 0 Å². The van der Waals surface area contributed by atoms with Gasteiger partial charge in [-0.25, -0.2) is 4.98 Å². The number of aromatic nitrogens is 1. The minimum absolute atomic E-state index is 0.0866. The van der Waals surface area contributed by atoms with Crippen LogP contribution in [-0.4, -0.2) is 42.5 Å². The summed E-state index contributed by atoms with van der Waals surface area (Å²) < 4.78 is 5.78. The Kier molecular flexibility index (Phi) is 5.48. The van der Waals surface area contributed by atoms with E-state index < -0.39 is 0 Å². The highest BCUT2D eigenvalue weighted by molar-refractivity contribution is 7.09. The third kappa shape index (κ3) is 4.13. The molecule has 128 valence electrons. The number of amides is 1. The van der Waals surface area contributed by atoms with Crippen molar-refractivity contribution in [1.82, 2.24) is 15.2 Å². The van der Waals surface area contributed by atoms with E-state index in [1.807, 2.05) is 48.5 Å². The monoisotopic (exact) mass is 345 g/mol. The molecule has 0 bridgehead atoms. The molecule has 1 fully saturated rings. The second-order valence-corrected chi connectivity index (χ2v) is 7.20. The van der Waals surface area contributed by atoms with E-state index in [-0.39, 0.29) is 5.91 Å². The van der Waals surface area contributed by atoms with E-state index in [0.29, 0.717) is 23.8 Å². The molecule has 1 aliphatic heterocycles. The van der Waals surface area contributed by atoms with Crippen LogP contribution in [0.25, 0.3) is 0 Å². The van der Waals surface area contributed by atoms with Crippen LogP contribution in [0.1, 0.15) is 27.5 Å². The average molecular weight is 345 g/mol. The number of aryl methyl sites for hydroxylation is 1. The lowest BCUT2D eigenvalue weighted by atomic mass is 10.1. The van der Waals surface area contributed by atoms with Crippen LogP contribution in [0, 0.1) is 12.8 Å². The number of rotatable bonds is 6. The van der Waals surface area contributed by atoms with Gasteiger partial charge in [0.05, 0.1) is 10.7 Å². The number of likely N-dealkylation sites (tertiary alicyclic amines) is 1. The van der Waals surface area contributed by atoms with Gasteiger partial charge in [-0.05, 0) is 51.1 Å². The Labute approximate surface area is 146 Å². The topological polar surface area (TPSA) is 54.5 Å². The zero-order valence-electron chi connectivity index (χ0n) is 14.1. The molecule has 1 unspecified atom stereocenters. The number of ether oxygens (including phenoxy) is 1. The SMILES string of the molecule is CNCC1CCN(C(=O)c2cccc(OCc3csc(C)n3)c2)C1. The van der Waals surface area contributed by atoms with Gasteiger partial charge in [-0.15, -0.1) is 11.3 Å². The van der Waals surface area contributed by atoms with Crippen molar-refractivity contribution in [3.63, 3.8) is 0 Å². The molecule has 24 heavy (non-hydrogen) atoms. The van der Waals surface area contributed by atoms with Crippen molar-refractivity contribution in [2.75, 3.05) is 26.7 Å². The minimum atomic E-state index is 0.0866. The van der Waals surface area contributed by atoms with Crippen molar-refractivity contribution in [3.8, 4) is 5.75 Å². The van der Waals surface area contributed by atoms with E-state index >= 15 is 0 Å². The number of hydrogen-bond acceptors (Lipinski definition) is 5. The van der Waals surface area contributed by atoms with Gasteiger partial charge in [-0.1, -0.05) is 6.07 Å². The lowest BCUT2D eigenvalue weighted by Crippen LogP contribution is -2.30. The summed E-state index contributed by atoms with van der Waals surface area (Å²) in [6.45, 7) is 5.01. The summed E-state index contributed by atoms with van der Waals surface area (Å²) in [7, 11) is 1.95. The lowest BCUT2D eigenvalue weighted by molar-refractivity contribution is 0.0786. The molecule has 1 aromatic carbocycles. The highest BCUT2D eigenvalue weighted by atomic mass is 32.1. The smallest absolute Gasteiger partial charge is 0.253 e. The zero-order chi connectivity index (χ0) is 16.9. The Hall–Kier alpha value is -1.92. The van der Waals surface area contributed by atoms with E-state index in [2.05, 4.69) is 10.3 Å². The first-order valence-electron chi connectivity index (χ1n) is 8.23. The molecule has 6 heteroatoms. The fraction of sp³-hybridized carbons (Fsp3) is 0.444. The Morgan fingerprint density at radius 1 is 1.50 bits per heavy atom. The molecule has 2 aromatic rings. The summed E-state index contributed by atoms with van der Waals surface area (Å²) in [6, 6.07) is 7.43. The predicted molar refractivity (Wildman–Crippen MR) is 95.6 cm³/mol. The predicted octanol–water partition coefficient (Wildman–Crippen LogP) is 2.71. The van der Waals surface area contributed by atoms with Gasteiger partial charge in [0, 0.05) is 24.0 Å². The summed E-state index contributed by atoms with van der Waals surface area (Å²) in [5.41, 5.74) is 1.61. The maximum absolute atomic E-state index is 12.7. The van der Waals surface area contributed by atoms with Crippen molar-refractivity contribution in [3.05, 3.63) is 45.9 Å². The van der Waals surface area contributed by atoms with E-state index in [1.165, 1.54) is 0 Å². The Morgan fingerprint density at radius 3 is 3.12 bits per heavy atom. The molecule has 1 amide bonds. The number of carbonyl (C=O) groups excluding carboxylic acids is 1. The molecule has 3 rings (SSSR count). The first-order valence-corrected chi connectivity index (χ1v) is 9.11. The summed E-state index contributed by atoms with van der Waals surface area (Å²) >= 11 is 1.61. The van der Waals surface area contributed by atoms with Crippen LogP contribution in [0.15, 0.2) is 29.6 Å². The minimum Gasteiger partial charge on any atom is -0.487 e. The van der Waals surface area contributed by atoms with Crippen LogP contribution >= 0.6 is 11.3 Å². The maximum Gasteiger partial charge on any atom is 0.253 e. The molecular weight excluding hydrogens is 322 g/mol. The molecule has 1 aromatic heterocycles. The molecule has 1 saturated heterocycles. The largest absolute Gasteiger partial charge is 0.487 e. The number of nitrogens with one attached hydrogen (secondary N) is 1. The van der Waals surface area contributed by atoms with E-state index in [1.54, 1.807) is 11.3 Å². The quantitative estimate of drug-likeness (QED) is 0.875. The van der Waals surface area contributed by atoms with Gasteiger partial charge in [0.15, 0.2) is 0 Å². The van der Waals surface area contributed by atoms with Gasteiger partial charge in [-0.3, -0.25) is 4.79 Å². The van der Waals surface area contributed by atoms with Crippen molar-refractivity contribution in [2.24, 2.45) is 5.92 Å². The molecule has 0 spiro atoms. The van der Waals surface area contributed by atoms with Crippen LogP contribution < -0.4 is 10.1 Å². The van der Waals surface area contributed by atoms with Crippen LogP contribution in [0.5, 0.6) is 5.75 Å². The fourth-order valence-electron chi connectivity index (χ4n) is 3.01. The summed E-state index contributed by atoms with van der Waals surface area (Å²) in [5.74, 6) is 1.34. The average Bonchev–Trinajstić information content (AvgIpc) is 3.22. The van der Waals surface area contributed by atoms with Crippen molar-refractivity contribution < 1.29 is 9.53 Å². The summed E-state index contributed by atoms with van der Waals surface area (Å²) in [4.78, 5) is 19.0. The van der Waals surface area contributed by atoms with Crippen molar-refractivity contribution >= 4 is 17.2 Å². The highest BCUT2D eigenvalue weighted by Crippen LogP contribution is 2.21. The van der Waals surface area contributed by atoms with Gasteiger partial charge in [0.25, 0.3) is 5.91 Å². The Balaban J connectivity index is 1.61. The summed E-state index contributed by atoms with van der Waals surface area (Å²) in [5, 5.41) is 6.22. The molecule has 0 aliphatic carbocycles. The second-order valence-electron chi connectivity index (χ2n) is 6.14. The highest BCUT2D eigenvalue weighted by Gasteiger charge is 2.26. The Bertz CT molecular complexity index is 701. The van der Waals surface area contributed by atoms with Gasteiger partial charge >= 0.3 is 0 Å². The van der Waals surface area contributed by atoms with Crippen molar-refractivity contribution in [1.29, 1.82) is 0 Å². The normalized spacial score (nSPS) is 17.2. The lowest BCUT2D eigenvalue weighted by Gasteiger charge is -2.17. The third-order valence-corrected chi connectivity index (χ3v) is 5.02. The number of thiazole rings is 1. The van der Waals surface area contributed by atoms with E-state index in [0.717, 1.165) is 36.8 Å². The van der Waals surface area contributed by atoms with Crippen molar-refractivity contribution in [2.45, 2.75) is 20.0 Å². The number of carbonyl (C=O) groups is 1. The first kappa shape index (κ1) is 16.9. The molecule has 1 N–H and O–H groups in total. The zero-order valence-corrected chi connectivity index (χ0v) is 14.9. The van der Waals surface area contributed by atoms with Gasteiger partial charge in [0.2, 0.25) is 0 Å². The first-order chi connectivity index (χ1) is 11.7. The second kappa shape index (κ2) is 7.77. The fourth-order valence-corrected chi connectivity index (χ4v) is 3.60. The maximum atomic E-state index is 12.7. The summed E-state index contributed by atoms with van der Waals surface area (Å²) in [6.07, 6.45) is 1.06. The van der Waals surface area contributed by atoms with E-state index in [4.69, 9.17) is 4.74 Å². The molecule has 0 saturated carbocycles. The standard InChI is InChI=1S/C18H23N3O2S/c1-13-20-16(12-24-13)11-23-17-5-3-4-15(8-17)18(22)21-7-6-14(10-21)9-19-2/h3-5,8,12,14,19H,6-7,9-11H2,1-2H3. The molecule has 1 aliphatic rings. The molecule has 1 atom stereocenters. The molecule has 0 radical (unpaired) electrons. The Morgan fingerprint density at radius 2 is 2.38 bits per heavy atom.